The van der Waals surface area contributed by atoms with Gasteiger partial charge in [-0.3, -0.25) is 4.79 Å². The van der Waals surface area contributed by atoms with Gasteiger partial charge in [0.1, 0.15) is 5.75 Å². The molecular formula is C19H20F3NO2. The maximum absolute atomic E-state index is 12.7. The van der Waals surface area contributed by atoms with E-state index in [1.807, 2.05) is 39.0 Å². The van der Waals surface area contributed by atoms with Crippen LogP contribution in [0.5, 0.6) is 5.75 Å². The molecule has 0 heterocycles. The van der Waals surface area contributed by atoms with E-state index >= 15 is 0 Å². The van der Waals surface area contributed by atoms with Gasteiger partial charge in [-0.15, -0.1) is 0 Å². The molecule has 0 aliphatic rings. The lowest BCUT2D eigenvalue weighted by Crippen LogP contribution is -2.31. The van der Waals surface area contributed by atoms with Crippen molar-refractivity contribution in [2.24, 2.45) is 0 Å². The molecule has 0 aliphatic carbocycles. The highest BCUT2D eigenvalue weighted by Gasteiger charge is 2.30. The van der Waals surface area contributed by atoms with Crippen LogP contribution in [0.3, 0.4) is 0 Å². The number of halogens is 3. The zero-order valence-electron chi connectivity index (χ0n) is 14.3. The molecule has 0 spiro atoms. The van der Waals surface area contributed by atoms with E-state index < -0.39 is 17.6 Å². The Morgan fingerprint density at radius 1 is 1.12 bits per heavy atom. The van der Waals surface area contributed by atoms with Gasteiger partial charge in [0.2, 0.25) is 0 Å². The Bertz CT molecular complexity index is 757. The molecule has 1 N–H and O–H groups in total. The van der Waals surface area contributed by atoms with Gasteiger partial charge in [0.25, 0.3) is 5.91 Å². The summed E-state index contributed by atoms with van der Waals surface area (Å²) in [4.78, 5) is 12.0. The number of benzene rings is 2. The van der Waals surface area contributed by atoms with E-state index in [2.05, 4.69) is 5.32 Å². The maximum atomic E-state index is 12.7. The Labute approximate surface area is 144 Å². The minimum Gasteiger partial charge on any atom is -0.484 e. The van der Waals surface area contributed by atoms with Crippen LogP contribution in [0.25, 0.3) is 0 Å². The predicted octanol–water partition coefficient (Wildman–Crippen LogP) is 4.58. The molecule has 6 heteroatoms. The van der Waals surface area contributed by atoms with Gasteiger partial charge in [0.15, 0.2) is 6.61 Å². The van der Waals surface area contributed by atoms with Gasteiger partial charge in [-0.2, -0.15) is 13.2 Å². The maximum Gasteiger partial charge on any atom is 0.416 e. The Morgan fingerprint density at radius 2 is 1.84 bits per heavy atom. The molecule has 2 aromatic carbocycles. The van der Waals surface area contributed by atoms with Gasteiger partial charge < -0.3 is 10.1 Å². The van der Waals surface area contributed by atoms with Gasteiger partial charge in [-0.05, 0) is 55.7 Å². The van der Waals surface area contributed by atoms with Crippen molar-refractivity contribution in [2.75, 3.05) is 6.61 Å². The van der Waals surface area contributed by atoms with Crippen LogP contribution in [0, 0.1) is 13.8 Å². The lowest BCUT2D eigenvalue weighted by Gasteiger charge is -2.16. The molecule has 2 rings (SSSR count). The Balaban J connectivity index is 1.93. The first-order chi connectivity index (χ1) is 11.7. The average molecular weight is 351 g/mol. The van der Waals surface area contributed by atoms with Gasteiger partial charge in [-0.25, -0.2) is 0 Å². The van der Waals surface area contributed by atoms with Crippen molar-refractivity contribution in [1.29, 1.82) is 0 Å². The van der Waals surface area contributed by atoms with Crippen LogP contribution < -0.4 is 10.1 Å². The second-order valence-corrected chi connectivity index (χ2v) is 5.95. The number of hydrogen-bond acceptors (Lipinski definition) is 2. The number of rotatable bonds is 5. The zero-order chi connectivity index (χ0) is 18.6. The van der Waals surface area contributed by atoms with Crippen molar-refractivity contribution in [3.8, 4) is 5.75 Å². The summed E-state index contributed by atoms with van der Waals surface area (Å²) in [6.07, 6.45) is -4.44. The lowest BCUT2D eigenvalue weighted by molar-refractivity contribution is -0.137. The highest BCUT2D eigenvalue weighted by molar-refractivity contribution is 5.78. The topological polar surface area (TPSA) is 38.3 Å². The van der Waals surface area contributed by atoms with Crippen LogP contribution in [-0.2, 0) is 11.0 Å². The number of carbonyl (C=O) groups excluding carboxylic acids is 1. The minimum atomic E-state index is -4.44. The number of nitrogens with one attached hydrogen (secondary N) is 1. The number of alkyl halides is 3. The van der Waals surface area contributed by atoms with Crippen molar-refractivity contribution < 1.29 is 22.7 Å². The Hall–Kier alpha value is -2.50. The van der Waals surface area contributed by atoms with E-state index in [4.69, 9.17) is 4.74 Å². The summed E-state index contributed by atoms with van der Waals surface area (Å²) in [5.41, 5.74) is 2.43. The second-order valence-electron chi connectivity index (χ2n) is 5.95. The molecule has 0 radical (unpaired) electrons. The standard InChI is InChI=1S/C19H20F3NO2/c1-12-7-8-15(9-13(12)2)14(3)23-18(24)11-25-17-6-4-5-16(10-17)19(20,21)22/h4-10,14H,11H2,1-3H3,(H,23,24)/t14-/m1/s1. The molecule has 0 aliphatic heterocycles. The highest BCUT2D eigenvalue weighted by Crippen LogP contribution is 2.31. The molecule has 0 saturated heterocycles. The Morgan fingerprint density at radius 3 is 2.48 bits per heavy atom. The average Bonchev–Trinajstić information content (AvgIpc) is 2.55. The van der Waals surface area contributed by atoms with Crippen LogP contribution in [-0.4, -0.2) is 12.5 Å². The fraction of sp³-hybridized carbons (Fsp3) is 0.316. The number of aryl methyl sites for hydroxylation is 2. The third kappa shape index (κ3) is 5.24. The molecule has 2 aromatic rings. The third-order valence-corrected chi connectivity index (χ3v) is 3.94. The van der Waals surface area contributed by atoms with Crippen LogP contribution in [0.4, 0.5) is 13.2 Å². The van der Waals surface area contributed by atoms with Crippen molar-refractivity contribution in [3.63, 3.8) is 0 Å². The third-order valence-electron chi connectivity index (χ3n) is 3.94. The van der Waals surface area contributed by atoms with Crippen LogP contribution in [0.2, 0.25) is 0 Å². The number of ether oxygens (including phenoxy) is 1. The molecule has 0 bridgehead atoms. The first kappa shape index (κ1) is 18.8. The number of amides is 1. The van der Waals surface area contributed by atoms with E-state index in [1.54, 1.807) is 0 Å². The van der Waals surface area contributed by atoms with Crippen LogP contribution >= 0.6 is 0 Å². The van der Waals surface area contributed by atoms with E-state index in [0.717, 1.165) is 28.8 Å². The van der Waals surface area contributed by atoms with Gasteiger partial charge in [0, 0.05) is 0 Å². The summed E-state index contributed by atoms with van der Waals surface area (Å²) in [5, 5.41) is 2.77. The summed E-state index contributed by atoms with van der Waals surface area (Å²) in [6.45, 7) is 5.48. The van der Waals surface area contributed by atoms with E-state index in [-0.39, 0.29) is 18.4 Å². The second kappa shape index (κ2) is 7.59. The fourth-order valence-electron chi connectivity index (χ4n) is 2.31. The molecule has 3 nitrogen and oxygen atoms in total. The predicted molar refractivity (Wildman–Crippen MR) is 89.4 cm³/mol. The zero-order valence-corrected chi connectivity index (χ0v) is 14.3. The molecule has 0 fully saturated rings. The smallest absolute Gasteiger partial charge is 0.416 e. The largest absolute Gasteiger partial charge is 0.484 e. The lowest BCUT2D eigenvalue weighted by atomic mass is 10.0. The SMILES string of the molecule is Cc1ccc([C@@H](C)NC(=O)COc2cccc(C(F)(F)F)c2)cc1C. The molecule has 0 aromatic heterocycles. The molecule has 0 unspecified atom stereocenters. The highest BCUT2D eigenvalue weighted by atomic mass is 19.4. The number of hydrogen-bond donors (Lipinski definition) is 1. The van der Waals surface area contributed by atoms with E-state index in [1.165, 1.54) is 12.1 Å². The van der Waals surface area contributed by atoms with E-state index in [0.29, 0.717) is 0 Å². The van der Waals surface area contributed by atoms with Crippen molar-refractivity contribution >= 4 is 5.91 Å². The molecule has 0 saturated carbocycles. The molecule has 1 atom stereocenters. The van der Waals surface area contributed by atoms with Crippen LogP contribution in [0.15, 0.2) is 42.5 Å². The van der Waals surface area contributed by atoms with Gasteiger partial charge in [-0.1, -0.05) is 24.3 Å². The van der Waals surface area contributed by atoms with Crippen LogP contribution in [0.1, 0.15) is 35.2 Å². The normalized spacial score (nSPS) is 12.6. The van der Waals surface area contributed by atoms with Crippen molar-refractivity contribution in [2.45, 2.75) is 33.0 Å². The first-order valence-electron chi connectivity index (χ1n) is 7.83. The van der Waals surface area contributed by atoms with Crippen molar-refractivity contribution in [1.82, 2.24) is 5.32 Å². The Kier molecular flexibility index (Phi) is 5.72. The summed E-state index contributed by atoms with van der Waals surface area (Å²) in [6, 6.07) is 10.1. The molecule has 1 amide bonds. The summed E-state index contributed by atoms with van der Waals surface area (Å²) in [7, 11) is 0. The van der Waals surface area contributed by atoms with Crippen molar-refractivity contribution in [3.05, 3.63) is 64.7 Å². The number of carbonyl (C=O) groups is 1. The fourth-order valence-corrected chi connectivity index (χ4v) is 2.31. The molecule has 25 heavy (non-hydrogen) atoms. The van der Waals surface area contributed by atoms with E-state index in [9.17, 15) is 18.0 Å². The summed E-state index contributed by atoms with van der Waals surface area (Å²) < 4.78 is 43.1. The summed E-state index contributed by atoms with van der Waals surface area (Å²) in [5.74, 6) is -0.396. The van der Waals surface area contributed by atoms with Gasteiger partial charge in [0.05, 0.1) is 11.6 Å². The van der Waals surface area contributed by atoms with Gasteiger partial charge >= 0.3 is 6.18 Å². The first-order valence-corrected chi connectivity index (χ1v) is 7.83. The minimum absolute atomic E-state index is 0.00353. The molecular weight excluding hydrogens is 331 g/mol. The monoisotopic (exact) mass is 351 g/mol. The summed E-state index contributed by atoms with van der Waals surface area (Å²) >= 11 is 0. The molecule has 134 valence electrons. The quantitative estimate of drug-likeness (QED) is 0.856.